The molecular formula is C12H19N3O3. The van der Waals surface area contributed by atoms with Crippen LogP contribution in [-0.2, 0) is 4.79 Å². The van der Waals surface area contributed by atoms with E-state index in [1.54, 1.807) is 13.8 Å². The van der Waals surface area contributed by atoms with E-state index < -0.39 is 5.97 Å². The number of carboxylic acid groups (broad SMARTS) is 1. The van der Waals surface area contributed by atoms with E-state index >= 15 is 0 Å². The summed E-state index contributed by atoms with van der Waals surface area (Å²) in [6.45, 7) is 7.25. The Hall–Kier alpha value is -1.85. The summed E-state index contributed by atoms with van der Waals surface area (Å²) in [4.78, 5) is 22.8. The Morgan fingerprint density at radius 2 is 2.00 bits per heavy atom. The van der Waals surface area contributed by atoms with Crippen LogP contribution in [0.5, 0.6) is 0 Å². The van der Waals surface area contributed by atoms with Crippen LogP contribution in [0.1, 0.15) is 42.0 Å². The zero-order valence-electron chi connectivity index (χ0n) is 11.1. The molecule has 0 aliphatic rings. The molecule has 1 aromatic rings. The molecule has 1 atom stereocenters. The van der Waals surface area contributed by atoms with Crippen LogP contribution in [0, 0.1) is 19.8 Å². The first-order valence-corrected chi connectivity index (χ1v) is 5.87. The molecule has 0 saturated heterocycles. The van der Waals surface area contributed by atoms with Crippen molar-refractivity contribution in [1.29, 1.82) is 0 Å². The third kappa shape index (κ3) is 3.32. The van der Waals surface area contributed by atoms with Gasteiger partial charge in [0.15, 0.2) is 0 Å². The zero-order valence-corrected chi connectivity index (χ0v) is 11.1. The standard InChI is InChI=1S/C12H19N3O3/c1-6(2)9(5-10(16)17)13-12(18)11-7(3)14-15-8(11)4/h6,9H,5H2,1-4H3,(H,13,18)(H,14,15)(H,16,17). The second-order valence-electron chi connectivity index (χ2n) is 4.73. The minimum Gasteiger partial charge on any atom is -0.481 e. The average Bonchev–Trinajstić information content (AvgIpc) is 2.56. The summed E-state index contributed by atoms with van der Waals surface area (Å²) in [5, 5.41) is 18.2. The van der Waals surface area contributed by atoms with Crippen molar-refractivity contribution in [1.82, 2.24) is 15.5 Å². The summed E-state index contributed by atoms with van der Waals surface area (Å²) in [7, 11) is 0. The van der Waals surface area contributed by atoms with Gasteiger partial charge in [-0.25, -0.2) is 0 Å². The molecule has 0 fully saturated rings. The maximum absolute atomic E-state index is 12.1. The van der Waals surface area contributed by atoms with Crippen LogP contribution in [0.2, 0.25) is 0 Å². The Labute approximate surface area is 106 Å². The fourth-order valence-corrected chi connectivity index (χ4v) is 1.77. The molecule has 100 valence electrons. The Bertz CT molecular complexity index is 432. The van der Waals surface area contributed by atoms with E-state index in [4.69, 9.17) is 5.11 Å². The number of nitrogens with zero attached hydrogens (tertiary/aromatic N) is 1. The lowest BCUT2D eigenvalue weighted by Crippen LogP contribution is -2.40. The number of aryl methyl sites for hydroxylation is 2. The fourth-order valence-electron chi connectivity index (χ4n) is 1.77. The second-order valence-corrected chi connectivity index (χ2v) is 4.73. The third-order valence-electron chi connectivity index (χ3n) is 2.87. The predicted octanol–water partition coefficient (Wildman–Crippen LogP) is 1.26. The van der Waals surface area contributed by atoms with Crippen molar-refractivity contribution >= 4 is 11.9 Å². The van der Waals surface area contributed by atoms with Crippen LogP contribution in [0.3, 0.4) is 0 Å². The average molecular weight is 253 g/mol. The smallest absolute Gasteiger partial charge is 0.305 e. The molecular weight excluding hydrogens is 234 g/mol. The fraction of sp³-hybridized carbons (Fsp3) is 0.583. The molecule has 6 heteroatoms. The summed E-state index contributed by atoms with van der Waals surface area (Å²) in [5.74, 6) is -1.15. The normalized spacial score (nSPS) is 12.5. The summed E-state index contributed by atoms with van der Waals surface area (Å²) in [6, 6.07) is -0.385. The Kier molecular flexibility index (Phi) is 4.47. The van der Waals surface area contributed by atoms with E-state index in [1.807, 2.05) is 13.8 Å². The zero-order chi connectivity index (χ0) is 13.9. The summed E-state index contributed by atoms with van der Waals surface area (Å²) >= 11 is 0. The van der Waals surface area contributed by atoms with Gasteiger partial charge in [0.1, 0.15) is 0 Å². The van der Waals surface area contributed by atoms with Crippen LogP contribution >= 0.6 is 0 Å². The number of carboxylic acids is 1. The van der Waals surface area contributed by atoms with Gasteiger partial charge in [0.25, 0.3) is 5.91 Å². The number of nitrogens with one attached hydrogen (secondary N) is 2. The molecule has 0 spiro atoms. The van der Waals surface area contributed by atoms with Crippen LogP contribution in [0.15, 0.2) is 0 Å². The minimum atomic E-state index is -0.922. The first kappa shape index (κ1) is 14.2. The van der Waals surface area contributed by atoms with E-state index in [9.17, 15) is 9.59 Å². The van der Waals surface area contributed by atoms with Gasteiger partial charge in [-0.1, -0.05) is 13.8 Å². The highest BCUT2D eigenvalue weighted by atomic mass is 16.4. The van der Waals surface area contributed by atoms with Gasteiger partial charge in [-0.3, -0.25) is 14.7 Å². The molecule has 18 heavy (non-hydrogen) atoms. The van der Waals surface area contributed by atoms with Gasteiger partial charge in [0.2, 0.25) is 0 Å². The van der Waals surface area contributed by atoms with Gasteiger partial charge >= 0.3 is 5.97 Å². The SMILES string of the molecule is Cc1n[nH]c(C)c1C(=O)NC(CC(=O)O)C(C)C. The number of H-pyrrole nitrogens is 1. The molecule has 1 aromatic heterocycles. The monoisotopic (exact) mass is 253 g/mol. The van der Waals surface area contributed by atoms with Gasteiger partial charge in [-0.15, -0.1) is 0 Å². The van der Waals surface area contributed by atoms with Crippen molar-refractivity contribution in [2.45, 2.75) is 40.2 Å². The molecule has 3 N–H and O–H groups in total. The van der Waals surface area contributed by atoms with Crippen molar-refractivity contribution < 1.29 is 14.7 Å². The van der Waals surface area contributed by atoms with Crippen molar-refractivity contribution in [3.05, 3.63) is 17.0 Å². The third-order valence-corrected chi connectivity index (χ3v) is 2.87. The molecule has 0 saturated carbocycles. The van der Waals surface area contributed by atoms with Gasteiger partial charge in [-0.05, 0) is 19.8 Å². The van der Waals surface area contributed by atoms with Crippen LogP contribution in [0.4, 0.5) is 0 Å². The van der Waals surface area contributed by atoms with Gasteiger partial charge in [-0.2, -0.15) is 5.10 Å². The molecule has 0 aliphatic carbocycles. The second kappa shape index (κ2) is 5.66. The molecule has 0 aromatic carbocycles. The van der Waals surface area contributed by atoms with Gasteiger partial charge in [0, 0.05) is 11.7 Å². The molecule has 1 heterocycles. The van der Waals surface area contributed by atoms with Crippen molar-refractivity contribution in [3.8, 4) is 0 Å². The highest BCUT2D eigenvalue weighted by molar-refractivity contribution is 5.96. The number of aromatic nitrogens is 2. The summed E-state index contributed by atoms with van der Waals surface area (Å²) < 4.78 is 0. The van der Waals surface area contributed by atoms with Gasteiger partial charge in [0.05, 0.1) is 17.7 Å². The highest BCUT2D eigenvalue weighted by Gasteiger charge is 2.22. The van der Waals surface area contributed by atoms with Crippen molar-refractivity contribution in [3.63, 3.8) is 0 Å². The van der Waals surface area contributed by atoms with E-state index in [1.165, 1.54) is 0 Å². The molecule has 0 bridgehead atoms. The number of hydrogen-bond donors (Lipinski definition) is 3. The molecule has 1 unspecified atom stereocenters. The Balaban J connectivity index is 2.82. The van der Waals surface area contributed by atoms with Crippen molar-refractivity contribution in [2.24, 2.45) is 5.92 Å². The number of rotatable bonds is 5. The van der Waals surface area contributed by atoms with E-state index in [0.29, 0.717) is 17.0 Å². The maximum Gasteiger partial charge on any atom is 0.305 e. The van der Waals surface area contributed by atoms with Crippen molar-refractivity contribution in [2.75, 3.05) is 0 Å². The number of amides is 1. The summed E-state index contributed by atoms with van der Waals surface area (Å²) in [6.07, 6.45) is -0.0840. The molecule has 0 aliphatic heterocycles. The van der Waals surface area contributed by atoms with Crippen LogP contribution < -0.4 is 5.32 Å². The lowest BCUT2D eigenvalue weighted by Gasteiger charge is -2.20. The van der Waals surface area contributed by atoms with Gasteiger partial charge < -0.3 is 10.4 Å². The van der Waals surface area contributed by atoms with E-state index in [-0.39, 0.29) is 24.3 Å². The number of carbonyl (C=O) groups is 2. The highest BCUT2D eigenvalue weighted by Crippen LogP contribution is 2.12. The first-order valence-electron chi connectivity index (χ1n) is 5.87. The molecule has 6 nitrogen and oxygen atoms in total. The maximum atomic E-state index is 12.1. The topological polar surface area (TPSA) is 95.1 Å². The molecule has 0 radical (unpaired) electrons. The Morgan fingerprint density at radius 1 is 1.39 bits per heavy atom. The number of carbonyl (C=O) groups excluding carboxylic acids is 1. The Morgan fingerprint density at radius 3 is 2.39 bits per heavy atom. The number of aromatic amines is 1. The largest absolute Gasteiger partial charge is 0.481 e. The van der Waals surface area contributed by atoms with Crippen LogP contribution in [0.25, 0.3) is 0 Å². The minimum absolute atomic E-state index is 0.0533. The lowest BCUT2D eigenvalue weighted by atomic mass is 10.0. The molecule has 1 amide bonds. The predicted molar refractivity (Wildman–Crippen MR) is 66.4 cm³/mol. The first-order chi connectivity index (χ1) is 8.32. The van der Waals surface area contributed by atoms with E-state index in [0.717, 1.165) is 0 Å². The quantitative estimate of drug-likeness (QED) is 0.736. The number of aliphatic carboxylic acids is 1. The lowest BCUT2D eigenvalue weighted by molar-refractivity contribution is -0.137. The summed E-state index contributed by atoms with van der Waals surface area (Å²) in [5.41, 5.74) is 1.79. The molecule has 1 rings (SSSR count). The van der Waals surface area contributed by atoms with E-state index in [2.05, 4.69) is 15.5 Å². The number of hydrogen-bond acceptors (Lipinski definition) is 3. The van der Waals surface area contributed by atoms with Crippen LogP contribution in [-0.4, -0.2) is 33.2 Å².